The molecule has 0 aliphatic rings. The lowest BCUT2D eigenvalue weighted by atomic mass is 10.2. The van der Waals surface area contributed by atoms with Gasteiger partial charge in [0.1, 0.15) is 5.82 Å². The fourth-order valence-corrected chi connectivity index (χ4v) is 1.73. The van der Waals surface area contributed by atoms with E-state index in [0.29, 0.717) is 22.7 Å². The molecular weight excluding hydrogens is 259 g/mol. The predicted octanol–water partition coefficient (Wildman–Crippen LogP) is 3.47. The van der Waals surface area contributed by atoms with E-state index in [1.54, 1.807) is 31.2 Å². The van der Waals surface area contributed by atoms with E-state index in [0.717, 1.165) is 0 Å². The SMILES string of the molecule is CC(=O)Nc1ccccc1Oc1cc(C)c(F)cc1N. The van der Waals surface area contributed by atoms with Crippen LogP contribution in [-0.2, 0) is 4.79 Å². The van der Waals surface area contributed by atoms with E-state index in [1.807, 2.05) is 0 Å². The lowest BCUT2D eigenvalue weighted by Crippen LogP contribution is -2.07. The number of hydrogen-bond donors (Lipinski definition) is 2. The molecule has 0 fully saturated rings. The van der Waals surface area contributed by atoms with Crippen molar-refractivity contribution in [1.29, 1.82) is 0 Å². The molecule has 1 amide bonds. The highest BCUT2D eigenvalue weighted by Gasteiger charge is 2.10. The van der Waals surface area contributed by atoms with Crippen molar-refractivity contribution in [2.45, 2.75) is 13.8 Å². The summed E-state index contributed by atoms with van der Waals surface area (Å²) in [6, 6.07) is 9.69. The summed E-state index contributed by atoms with van der Waals surface area (Å²) in [6.07, 6.45) is 0. The van der Waals surface area contributed by atoms with E-state index >= 15 is 0 Å². The Bertz CT molecular complexity index is 656. The summed E-state index contributed by atoms with van der Waals surface area (Å²) in [4.78, 5) is 11.1. The first-order chi connectivity index (χ1) is 9.47. The lowest BCUT2D eigenvalue weighted by molar-refractivity contribution is -0.114. The number of amides is 1. The molecule has 0 unspecified atom stereocenters. The van der Waals surface area contributed by atoms with Gasteiger partial charge < -0.3 is 15.8 Å². The topological polar surface area (TPSA) is 64.3 Å². The second-order valence-electron chi connectivity index (χ2n) is 4.42. The van der Waals surface area contributed by atoms with E-state index in [9.17, 15) is 9.18 Å². The Balaban J connectivity index is 2.35. The Morgan fingerprint density at radius 2 is 1.95 bits per heavy atom. The number of anilines is 2. The first-order valence-electron chi connectivity index (χ1n) is 6.07. The van der Waals surface area contributed by atoms with E-state index in [2.05, 4.69) is 5.32 Å². The average Bonchev–Trinajstić information content (AvgIpc) is 2.37. The highest BCUT2D eigenvalue weighted by atomic mass is 19.1. The summed E-state index contributed by atoms with van der Waals surface area (Å²) in [5, 5.41) is 2.66. The minimum Gasteiger partial charge on any atom is -0.453 e. The van der Waals surface area contributed by atoms with Gasteiger partial charge in [-0.05, 0) is 30.7 Å². The van der Waals surface area contributed by atoms with Gasteiger partial charge in [-0.2, -0.15) is 0 Å². The summed E-state index contributed by atoms with van der Waals surface area (Å²) < 4.78 is 19.0. The molecule has 20 heavy (non-hydrogen) atoms. The van der Waals surface area contributed by atoms with Crippen molar-refractivity contribution in [3.05, 3.63) is 47.8 Å². The second-order valence-corrected chi connectivity index (χ2v) is 4.42. The molecule has 0 aliphatic carbocycles. The van der Waals surface area contributed by atoms with Crippen LogP contribution in [0.5, 0.6) is 11.5 Å². The highest BCUT2D eigenvalue weighted by molar-refractivity contribution is 5.90. The number of carbonyl (C=O) groups is 1. The summed E-state index contributed by atoms with van der Waals surface area (Å²) >= 11 is 0. The van der Waals surface area contributed by atoms with Crippen LogP contribution in [0.3, 0.4) is 0 Å². The number of nitrogens with two attached hydrogens (primary N) is 1. The maximum Gasteiger partial charge on any atom is 0.221 e. The lowest BCUT2D eigenvalue weighted by Gasteiger charge is -2.13. The van der Waals surface area contributed by atoms with Gasteiger partial charge in [0.25, 0.3) is 0 Å². The minimum atomic E-state index is -0.384. The zero-order chi connectivity index (χ0) is 14.7. The van der Waals surface area contributed by atoms with Crippen LogP contribution in [-0.4, -0.2) is 5.91 Å². The fraction of sp³-hybridized carbons (Fsp3) is 0.133. The molecule has 3 N–H and O–H groups in total. The molecule has 104 valence electrons. The third-order valence-corrected chi connectivity index (χ3v) is 2.71. The number of rotatable bonds is 3. The zero-order valence-corrected chi connectivity index (χ0v) is 11.2. The van der Waals surface area contributed by atoms with Crippen molar-refractivity contribution in [2.75, 3.05) is 11.1 Å². The minimum absolute atomic E-state index is 0.200. The third-order valence-electron chi connectivity index (χ3n) is 2.71. The first kappa shape index (κ1) is 13.9. The van der Waals surface area contributed by atoms with Gasteiger partial charge >= 0.3 is 0 Å². The van der Waals surface area contributed by atoms with Gasteiger partial charge in [-0.1, -0.05) is 12.1 Å². The molecule has 0 aromatic heterocycles. The van der Waals surface area contributed by atoms with Crippen LogP contribution in [0.4, 0.5) is 15.8 Å². The maximum absolute atomic E-state index is 13.4. The van der Waals surface area contributed by atoms with Gasteiger partial charge in [-0.3, -0.25) is 4.79 Å². The van der Waals surface area contributed by atoms with Gasteiger partial charge in [-0.15, -0.1) is 0 Å². The number of carbonyl (C=O) groups excluding carboxylic acids is 1. The standard InChI is InChI=1S/C15H15FN2O2/c1-9-7-15(12(17)8-11(9)16)20-14-6-4-3-5-13(14)18-10(2)19/h3-8H,17H2,1-2H3,(H,18,19). The number of halogens is 1. The second kappa shape index (κ2) is 5.61. The Hall–Kier alpha value is -2.56. The largest absolute Gasteiger partial charge is 0.453 e. The number of ether oxygens (including phenoxy) is 1. The molecule has 0 radical (unpaired) electrons. The average molecular weight is 274 g/mol. The number of para-hydroxylation sites is 2. The van der Waals surface area contributed by atoms with Crippen LogP contribution >= 0.6 is 0 Å². The van der Waals surface area contributed by atoms with Crippen LogP contribution in [0.1, 0.15) is 12.5 Å². The molecule has 0 bridgehead atoms. The van der Waals surface area contributed by atoms with Gasteiger partial charge in [-0.25, -0.2) is 4.39 Å². The number of aryl methyl sites for hydroxylation is 1. The van der Waals surface area contributed by atoms with E-state index in [4.69, 9.17) is 10.5 Å². The highest BCUT2D eigenvalue weighted by Crippen LogP contribution is 2.33. The Kier molecular flexibility index (Phi) is 3.89. The van der Waals surface area contributed by atoms with Gasteiger partial charge in [0.2, 0.25) is 5.91 Å². The van der Waals surface area contributed by atoms with Crippen LogP contribution in [0.15, 0.2) is 36.4 Å². The molecular formula is C15H15FN2O2. The van der Waals surface area contributed by atoms with E-state index < -0.39 is 0 Å². The smallest absolute Gasteiger partial charge is 0.221 e. The monoisotopic (exact) mass is 274 g/mol. The van der Waals surface area contributed by atoms with Crippen molar-refractivity contribution >= 4 is 17.3 Å². The molecule has 2 rings (SSSR count). The Morgan fingerprint density at radius 1 is 1.25 bits per heavy atom. The number of nitrogen functional groups attached to an aromatic ring is 1. The molecule has 2 aromatic rings. The molecule has 5 heteroatoms. The quantitative estimate of drug-likeness (QED) is 0.842. The van der Waals surface area contributed by atoms with Crippen molar-refractivity contribution in [2.24, 2.45) is 0 Å². The van der Waals surface area contributed by atoms with Crippen LogP contribution in [0, 0.1) is 12.7 Å². The van der Waals surface area contributed by atoms with Crippen LogP contribution in [0.2, 0.25) is 0 Å². The Morgan fingerprint density at radius 3 is 2.65 bits per heavy atom. The molecule has 0 saturated heterocycles. The van der Waals surface area contributed by atoms with Crippen molar-refractivity contribution in [3.63, 3.8) is 0 Å². The summed E-state index contributed by atoms with van der Waals surface area (Å²) in [6.45, 7) is 3.04. The zero-order valence-electron chi connectivity index (χ0n) is 11.2. The van der Waals surface area contributed by atoms with Crippen molar-refractivity contribution < 1.29 is 13.9 Å². The number of hydrogen-bond acceptors (Lipinski definition) is 3. The molecule has 0 spiro atoms. The Labute approximate surface area is 116 Å². The molecule has 0 atom stereocenters. The predicted molar refractivity (Wildman–Crippen MR) is 76.4 cm³/mol. The summed E-state index contributed by atoms with van der Waals surface area (Å²) in [5.41, 5.74) is 6.90. The van der Waals surface area contributed by atoms with Crippen molar-refractivity contribution in [3.8, 4) is 11.5 Å². The maximum atomic E-state index is 13.4. The number of benzene rings is 2. The summed E-state index contributed by atoms with van der Waals surface area (Å²) in [5.74, 6) is 0.205. The molecule has 0 saturated carbocycles. The fourth-order valence-electron chi connectivity index (χ4n) is 1.73. The van der Waals surface area contributed by atoms with E-state index in [-0.39, 0.29) is 17.4 Å². The van der Waals surface area contributed by atoms with Gasteiger partial charge in [0.05, 0.1) is 11.4 Å². The van der Waals surface area contributed by atoms with Crippen LogP contribution < -0.4 is 15.8 Å². The van der Waals surface area contributed by atoms with Gasteiger partial charge in [0, 0.05) is 13.0 Å². The molecule has 2 aromatic carbocycles. The van der Waals surface area contributed by atoms with Crippen molar-refractivity contribution in [1.82, 2.24) is 0 Å². The number of nitrogens with one attached hydrogen (secondary N) is 1. The summed E-state index contributed by atoms with van der Waals surface area (Å²) in [7, 11) is 0. The molecule has 4 nitrogen and oxygen atoms in total. The first-order valence-corrected chi connectivity index (χ1v) is 6.07. The molecule has 0 heterocycles. The molecule has 0 aliphatic heterocycles. The van der Waals surface area contributed by atoms with Crippen LogP contribution in [0.25, 0.3) is 0 Å². The third kappa shape index (κ3) is 3.06. The van der Waals surface area contributed by atoms with E-state index in [1.165, 1.54) is 19.1 Å². The normalized spacial score (nSPS) is 10.2. The van der Waals surface area contributed by atoms with Gasteiger partial charge in [0.15, 0.2) is 11.5 Å².